The molecule has 0 spiro atoms. The molecule has 0 saturated heterocycles. The van der Waals surface area contributed by atoms with Crippen molar-refractivity contribution in [1.82, 2.24) is 20.2 Å². The van der Waals surface area contributed by atoms with E-state index in [1.54, 1.807) is 6.92 Å². The molecule has 2 rings (SSSR count). The molecule has 0 fully saturated rings. The van der Waals surface area contributed by atoms with Crippen LogP contribution in [-0.4, -0.2) is 33.2 Å². The van der Waals surface area contributed by atoms with Crippen molar-refractivity contribution in [2.24, 2.45) is 0 Å². The Kier molecular flexibility index (Phi) is 3.56. The van der Waals surface area contributed by atoms with Gasteiger partial charge in [-0.1, -0.05) is 11.3 Å². The number of methoxy groups -OCH3 is 1. The lowest BCUT2D eigenvalue weighted by molar-refractivity contribution is 0.0605. The Morgan fingerprint density at radius 2 is 2.39 bits per heavy atom. The minimum absolute atomic E-state index is 0.0662. The fourth-order valence-electron chi connectivity index (χ4n) is 1.42. The molecule has 96 valence electrons. The van der Waals surface area contributed by atoms with Crippen molar-refractivity contribution in [3.8, 4) is 0 Å². The van der Waals surface area contributed by atoms with E-state index in [0.717, 1.165) is 0 Å². The third-order valence-electron chi connectivity index (χ3n) is 2.35. The van der Waals surface area contributed by atoms with E-state index in [1.165, 1.54) is 24.8 Å². The van der Waals surface area contributed by atoms with Gasteiger partial charge in [-0.2, -0.15) is 5.10 Å². The van der Waals surface area contributed by atoms with Crippen LogP contribution in [-0.2, 0) is 4.74 Å². The number of aryl methyl sites for hydroxylation is 1. The summed E-state index contributed by atoms with van der Waals surface area (Å²) in [5.74, 6) is 0.341. The third kappa shape index (κ3) is 2.48. The Morgan fingerprint density at radius 3 is 3.00 bits per heavy atom. The highest BCUT2D eigenvalue weighted by Gasteiger charge is 2.17. The molecule has 2 N–H and O–H groups in total. The van der Waals surface area contributed by atoms with E-state index >= 15 is 0 Å². The van der Waals surface area contributed by atoms with Gasteiger partial charge >= 0.3 is 5.97 Å². The summed E-state index contributed by atoms with van der Waals surface area (Å²) < 4.78 is 4.68. The number of aromatic amines is 1. The topological polar surface area (TPSA) is 92.8 Å². The minimum atomic E-state index is -0.370. The second-order valence-electron chi connectivity index (χ2n) is 3.66. The second-order valence-corrected chi connectivity index (χ2v) is 4.66. The number of anilines is 1. The van der Waals surface area contributed by atoms with Gasteiger partial charge in [-0.25, -0.2) is 14.8 Å². The van der Waals surface area contributed by atoms with Crippen LogP contribution in [0.15, 0.2) is 6.33 Å². The maximum Gasteiger partial charge on any atom is 0.350 e. The van der Waals surface area contributed by atoms with E-state index in [0.29, 0.717) is 21.5 Å². The molecule has 0 aromatic carbocycles. The first kappa shape index (κ1) is 12.5. The van der Waals surface area contributed by atoms with Crippen LogP contribution in [0.2, 0.25) is 0 Å². The number of carbonyl (C=O) groups excluding carboxylic acids is 1. The zero-order chi connectivity index (χ0) is 13.1. The van der Waals surface area contributed by atoms with Crippen LogP contribution in [0.3, 0.4) is 0 Å². The normalized spacial score (nSPS) is 12.2. The number of nitrogens with zero attached hydrogens (tertiary/aromatic N) is 3. The van der Waals surface area contributed by atoms with Gasteiger partial charge in [0.1, 0.15) is 17.0 Å². The highest BCUT2D eigenvalue weighted by molar-refractivity contribution is 7.17. The number of aromatic nitrogens is 4. The van der Waals surface area contributed by atoms with Crippen LogP contribution in [0, 0.1) is 6.92 Å². The Hall–Kier alpha value is -1.96. The Bertz CT molecular complexity index is 536. The first-order chi connectivity index (χ1) is 8.61. The highest BCUT2D eigenvalue weighted by Crippen LogP contribution is 2.25. The lowest BCUT2D eigenvalue weighted by Crippen LogP contribution is -2.08. The Labute approximate surface area is 108 Å². The number of hydrogen-bond acceptors (Lipinski definition) is 7. The zero-order valence-electron chi connectivity index (χ0n) is 10.2. The summed E-state index contributed by atoms with van der Waals surface area (Å²) in [6.45, 7) is 3.70. The third-order valence-corrected chi connectivity index (χ3v) is 3.42. The van der Waals surface area contributed by atoms with E-state index in [1.807, 2.05) is 6.92 Å². The van der Waals surface area contributed by atoms with Gasteiger partial charge in [-0.15, -0.1) is 0 Å². The average molecular weight is 267 g/mol. The summed E-state index contributed by atoms with van der Waals surface area (Å²) in [5.41, 5.74) is 0.652. The molecule has 1 atom stereocenters. The molecular formula is C10H13N5O2S. The van der Waals surface area contributed by atoms with Crippen LogP contribution in [0.4, 0.5) is 5.13 Å². The van der Waals surface area contributed by atoms with Gasteiger partial charge in [0.05, 0.1) is 18.8 Å². The van der Waals surface area contributed by atoms with Crippen molar-refractivity contribution in [2.45, 2.75) is 19.9 Å². The first-order valence-corrected chi connectivity index (χ1v) is 6.11. The van der Waals surface area contributed by atoms with Gasteiger partial charge in [0.25, 0.3) is 0 Å². The summed E-state index contributed by atoms with van der Waals surface area (Å²) >= 11 is 1.26. The molecule has 1 unspecified atom stereocenters. The minimum Gasteiger partial charge on any atom is -0.465 e. The van der Waals surface area contributed by atoms with E-state index in [-0.39, 0.29) is 12.0 Å². The van der Waals surface area contributed by atoms with Crippen molar-refractivity contribution in [3.05, 3.63) is 22.7 Å². The highest BCUT2D eigenvalue weighted by atomic mass is 32.1. The number of ether oxygens (including phenoxy) is 1. The number of thiazole rings is 1. The molecule has 0 amide bonds. The van der Waals surface area contributed by atoms with Crippen LogP contribution < -0.4 is 5.32 Å². The van der Waals surface area contributed by atoms with Crippen molar-refractivity contribution in [1.29, 1.82) is 0 Å². The summed E-state index contributed by atoms with van der Waals surface area (Å²) in [4.78, 5) is 20.3. The van der Waals surface area contributed by atoms with Gasteiger partial charge in [0.2, 0.25) is 0 Å². The summed E-state index contributed by atoms with van der Waals surface area (Å²) in [6.07, 6.45) is 1.44. The van der Waals surface area contributed by atoms with Crippen LogP contribution in [0.25, 0.3) is 0 Å². The number of esters is 1. The molecule has 0 bridgehead atoms. The maximum absolute atomic E-state index is 11.5. The molecule has 2 aromatic heterocycles. The van der Waals surface area contributed by atoms with Crippen molar-refractivity contribution in [2.75, 3.05) is 12.4 Å². The molecule has 2 aromatic rings. The predicted molar refractivity (Wildman–Crippen MR) is 66.6 cm³/mol. The molecule has 0 saturated carbocycles. The molecule has 0 aliphatic rings. The number of rotatable bonds is 4. The van der Waals surface area contributed by atoms with Crippen LogP contribution in [0.1, 0.15) is 34.2 Å². The summed E-state index contributed by atoms with van der Waals surface area (Å²) in [7, 11) is 1.35. The Balaban J connectivity index is 2.13. The van der Waals surface area contributed by atoms with Gasteiger partial charge in [0.15, 0.2) is 5.13 Å². The van der Waals surface area contributed by atoms with Gasteiger partial charge in [0, 0.05) is 0 Å². The van der Waals surface area contributed by atoms with E-state index in [9.17, 15) is 4.79 Å². The molecule has 8 heteroatoms. The van der Waals surface area contributed by atoms with E-state index in [2.05, 4.69) is 30.2 Å². The lowest BCUT2D eigenvalue weighted by atomic mass is 10.3. The monoisotopic (exact) mass is 267 g/mol. The first-order valence-electron chi connectivity index (χ1n) is 5.29. The van der Waals surface area contributed by atoms with Crippen molar-refractivity contribution in [3.63, 3.8) is 0 Å². The quantitative estimate of drug-likeness (QED) is 0.816. The fraction of sp³-hybridized carbons (Fsp3) is 0.400. The molecule has 0 aliphatic carbocycles. The van der Waals surface area contributed by atoms with Crippen LogP contribution >= 0.6 is 11.3 Å². The van der Waals surface area contributed by atoms with Crippen molar-refractivity contribution >= 4 is 22.4 Å². The number of H-pyrrole nitrogens is 1. The molecule has 2 heterocycles. The van der Waals surface area contributed by atoms with E-state index < -0.39 is 0 Å². The fourth-order valence-corrected chi connectivity index (χ4v) is 2.39. The lowest BCUT2D eigenvalue weighted by Gasteiger charge is -2.08. The number of hydrogen-bond donors (Lipinski definition) is 2. The van der Waals surface area contributed by atoms with Gasteiger partial charge in [-0.05, 0) is 13.8 Å². The molecular weight excluding hydrogens is 254 g/mol. The van der Waals surface area contributed by atoms with E-state index in [4.69, 9.17) is 0 Å². The molecule has 18 heavy (non-hydrogen) atoms. The average Bonchev–Trinajstić information content (AvgIpc) is 2.97. The molecule has 7 nitrogen and oxygen atoms in total. The smallest absolute Gasteiger partial charge is 0.350 e. The number of carbonyl (C=O) groups is 1. The van der Waals surface area contributed by atoms with Gasteiger partial charge < -0.3 is 10.1 Å². The molecule has 0 aliphatic heterocycles. The molecule has 0 radical (unpaired) electrons. The second kappa shape index (κ2) is 5.13. The SMILES string of the molecule is COC(=O)c1sc(NC(C)c2ncn[nH]2)nc1C. The standard InChI is InChI=1S/C10H13N5O2S/c1-5-7(9(16)17-3)18-10(13-5)14-6(2)8-11-4-12-15-8/h4,6H,1-3H3,(H,13,14)(H,11,12,15). The number of nitrogens with one attached hydrogen (secondary N) is 2. The maximum atomic E-state index is 11.5. The van der Waals surface area contributed by atoms with Crippen LogP contribution in [0.5, 0.6) is 0 Å². The van der Waals surface area contributed by atoms with Gasteiger partial charge in [-0.3, -0.25) is 5.10 Å². The predicted octanol–water partition coefficient (Wildman–Crippen LogP) is 1.53. The Morgan fingerprint density at radius 1 is 1.61 bits per heavy atom. The largest absolute Gasteiger partial charge is 0.465 e. The summed E-state index contributed by atoms with van der Waals surface area (Å²) in [6, 6.07) is -0.0662. The van der Waals surface area contributed by atoms with Crippen molar-refractivity contribution < 1.29 is 9.53 Å². The summed E-state index contributed by atoms with van der Waals surface area (Å²) in [5, 5.41) is 10.4. The zero-order valence-corrected chi connectivity index (χ0v) is 11.0.